The number of hydrogen-bond donors (Lipinski definition) is 3. The monoisotopic (exact) mass is 415 g/mol. The zero-order valence-corrected chi connectivity index (χ0v) is 18.6. The number of H-pyrrole nitrogens is 1. The highest BCUT2D eigenvalue weighted by Crippen LogP contribution is 2.25. The van der Waals surface area contributed by atoms with Crippen molar-refractivity contribution < 1.29 is 9.59 Å². The smallest absolute Gasteiger partial charge is 0.217 e. The molecule has 0 aliphatic rings. The Hall–Kier alpha value is -2.05. The Balaban J connectivity index is 2.21. The third-order valence-electron chi connectivity index (χ3n) is 5.16. The van der Waals surface area contributed by atoms with Crippen LogP contribution in [0.25, 0.3) is 10.9 Å². The van der Waals surface area contributed by atoms with E-state index in [4.69, 9.17) is 18.0 Å². The highest BCUT2D eigenvalue weighted by atomic mass is 32.1. The van der Waals surface area contributed by atoms with Crippen molar-refractivity contribution in [1.29, 1.82) is 0 Å². The Bertz CT molecular complexity index is 857. The quantitative estimate of drug-likeness (QED) is 0.458. The van der Waals surface area contributed by atoms with Crippen molar-refractivity contribution in [3.05, 3.63) is 36.0 Å². The van der Waals surface area contributed by atoms with Crippen molar-refractivity contribution in [3.63, 3.8) is 0 Å². The van der Waals surface area contributed by atoms with Crippen LogP contribution in [0, 0.1) is 11.8 Å². The molecule has 0 fully saturated rings. The van der Waals surface area contributed by atoms with E-state index in [1.165, 1.54) is 0 Å². The zero-order chi connectivity index (χ0) is 21.6. The van der Waals surface area contributed by atoms with E-state index in [2.05, 4.69) is 16.4 Å². The van der Waals surface area contributed by atoms with E-state index in [1.807, 2.05) is 52.1 Å². The molecule has 29 heavy (non-hydrogen) atoms. The summed E-state index contributed by atoms with van der Waals surface area (Å²) in [7, 11) is 0. The van der Waals surface area contributed by atoms with Crippen LogP contribution in [0.5, 0.6) is 0 Å². The second kappa shape index (κ2) is 10.6. The fourth-order valence-corrected chi connectivity index (χ4v) is 4.11. The molecule has 6 heteroatoms. The SMILES string of the molecule is CC(C)N[C@@H](CCC(N)=O)C(=S)C[C@@H](Cc1c[nH]c2ccccc12)C(=O)C(C)C. The van der Waals surface area contributed by atoms with Crippen LogP contribution in [0.1, 0.15) is 52.5 Å². The van der Waals surface area contributed by atoms with Crippen molar-refractivity contribution in [2.75, 3.05) is 0 Å². The summed E-state index contributed by atoms with van der Waals surface area (Å²) < 4.78 is 0. The summed E-state index contributed by atoms with van der Waals surface area (Å²) in [6.07, 6.45) is 3.99. The molecule has 0 spiro atoms. The molecule has 2 rings (SSSR count). The molecule has 5 nitrogen and oxygen atoms in total. The predicted molar refractivity (Wildman–Crippen MR) is 123 cm³/mol. The molecule has 0 bridgehead atoms. The first-order chi connectivity index (χ1) is 13.7. The third-order valence-corrected chi connectivity index (χ3v) is 5.61. The maximum absolute atomic E-state index is 13.0. The molecule has 0 saturated heterocycles. The van der Waals surface area contributed by atoms with E-state index in [0.717, 1.165) is 21.3 Å². The number of carbonyl (C=O) groups excluding carboxylic acids is 2. The van der Waals surface area contributed by atoms with Crippen LogP contribution in [0.3, 0.4) is 0 Å². The fraction of sp³-hybridized carbons (Fsp3) is 0.522. The first-order valence-corrected chi connectivity index (χ1v) is 10.8. The van der Waals surface area contributed by atoms with E-state index >= 15 is 0 Å². The van der Waals surface area contributed by atoms with E-state index in [9.17, 15) is 9.59 Å². The van der Waals surface area contributed by atoms with Crippen LogP contribution in [-0.2, 0) is 16.0 Å². The number of nitrogens with one attached hydrogen (secondary N) is 2. The minimum Gasteiger partial charge on any atom is -0.370 e. The number of thiocarbonyl (C=S) groups is 1. The average molecular weight is 416 g/mol. The maximum atomic E-state index is 13.0. The number of fused-ring (bicyclic) bond motifs is 1. The van der Waals surface area contributed by atoms with Crippen molar-refractivity contribution >= 4 is 39.7 Å². The lowest BCUT2D eigenvalue weighted by Gasteiger charge is -2.25. The second-order valence-corrected chi connectivity index (χ2v) is 8.89. The molecule has 0 aliphatic carbocycles. The molecule has 1 aromatic carbocycles. The van der Waals surface area contributed by atoms with Gasteiger partial charge in [-0.2, -0.15) is 0 Å². The molecular formula is C23H33N3O2S. The number of primary amides is 1. The lowest BCUT2D eigenvalue weighted by molar-refractivity contribution is -0.125. The summed E-state index contributed by atoms with van der Waals surface area (Å²) in [5.74, 6) is -0.366. The van der Waals surface area contributed by atoms with Crippen LogP contribution in [0.15, 0.2) is 30.5 Å². The van der Waals surface area contributed by atoms with Gasteiger partial charge in [0.25, 0.3) is 0 Å². The Kier molecular flexibility index (Phi) is 8.53. The first kappa shape index (κ1) is 23.2. The van der Waals surface area contributed by atoms with Crippen LogP contribution in [-0.4, -0.2) is 33.6 Å². The van der Waals surface area contributed by atoms with Gasteiger partial charge >= 0.3 is 0 Å². The number of benzene rings is 1. The number of aromatic amines is 1. The van der Waals surface area contributed by atoms with Gasteiger partial charge in [0.1, 0.15) is 5.78 Å². The van der Waals surface area contributed by atoms with Gasteiger partial charge in [-0.25, -0.2) is 0 Å². The molecule has 0 radical (unpaired) electrons. The lowest BCUT2D eigenvalue weighted by Crippen LogP contribution is -2.42. The summed E-state index contributed by atoms with van der Waals surface area (Å²) in [4.78, 5) is 28.3. The van der Waals surface area contributed by atoms with Gasteiger partial charge in [-0.15, -0.1) is 0 Å². The van der Waals surface area contributed by atoms with Crippen LogP contribution >= 0.6 is 12.2 Å². The van der Waals surface area contributed by atoms with Gasteiger partial charge in [0.15, 0.2) is 0 Å². The first-order valence-electron chi connectivity index (χ1n) is 10.3. The van der Waals surface area contributed by atoms with E-state index in [-0.39, 0.29) is 42.0 Å². The summed E-state index contributed by atoms with van der Waals surface area (Å²) in [6, 6.07) is 8.23. The van der Waals surface area contributed by atoms with E-state index in [1.54, 1.807) is 0 Å². The number of ketones is 1. The molecule has 158 valence electrons. The molecule has 0 saturated carbocycles. The minimum atomic E-state index is -0.336. The van der Waals surface area contributed by atoms with Gasteiger partial charge in [-0.05, 0) is 30.9 Å². The molecule has 2 atom stereocenters. The van der Waals surface area contributed by atoms with E-state index < -0.39 is 0 Å². The number of carbonyl (C=O) groups is 2. The van der Waals surface area contributed by atoms with Crippen LogP contribution in [0.2, 0.25) is 0 Å². The number of aromatic nitrogens is 1. The molecule has 4 N–H and O–H groups in total. The summed E-state index contributed by atoms with van der Waals surface area (Å²) >= 11 is 5.74. The highest BCUT2D eigenvalue weighted by molar-refractivity contribution is 7.80. The second-order valence-electron chi connectivity index (χ2n) is 8.37. The number of hydrogen-bond acceptors (Lipinski definition) is 4. The Morgan fingerprint density at radius 1 is 1.17 bits per heavy atom. The molecule has 0 aliphatic heterocycles. The third kappa shape index (κ3) is 6.75. The lowest BCUT2D eigenvalue weighted by atomic mass is 9.84. The van der Waals surface area contributed by atoms with Gasteiger partial charge in [0.2, 0.25) is 5.91 Å². The Morgan fingerprint density at radius 3 is 2.48 bits per heavy atom. The zero-order valence-electron chi connectivity index (χ0n) is 17.8. The maximum Gasteiger partial charge on any atom is 0.217 e. The fourth-order valence-electron chi connectivity index (χ4n) is 3.72. The number of nitrogens with two attached hydrogens (primary N) is 1. The number of para-hydroxylation sites is 1. The van der Waals surface area contributed by atoms with Crippen LogP contribution in [0.4, 0.5) is 0 Å². The van der Waals surface area contributed by atoms with Gasteiger partial charge in [0.05, 0.1) is 0 Å². The molecule has 1 amide bonds. The van der Waals surface area contributed by atoms with Gasteiger partial charge in [-0.3, -0.25) is 9.59 Å². The van der Waals surface area contributed by atoms with Gasteiger partial charge in [0, 0.05) is 52.3 Å². The number of Topliss-reactive ketones (excluding diaryl/α,β-unsaturated/α-hetero) is 1. The van der Waals surface area contributed by atoms with Gasteiger partial charge < -0.3 is 16.0 Å². The van der Waals surface area contributed by atoms with Crippen molar-refractivity contribution in [1.82, 2.24) is 10.3 Å². The van der Waals surface area contributed by atoms with Crippen molar-refractivity contribution in [3.8, 4) is 0 Å². The Labute approximate surface area is 178 Å². The topological polar surface area (TPSA) is 88.0 Å². The standard InChI is InChI=1S/C23H33N3O2S/c1-14(2)23(28)16(11-17-13-25-19-8-6-5-7-18(17)19)12-21(29)20(26-15(3)4)9-10-22(24)27/h5-8,13-16,20,25-26H,9-12H2,1-4H3,(H2,24,27)/t16-,20+/m1/s1. The van der Waals surface area contributed by atoms with Crippen molar-refractivity contribution in [2.24, 2.45) is 17.6 Å². The van der Waals surface area contributed by atoms with E-state index in [0.29, 0.717) is 19.3 Å². The summed E-state index contributed by atoms with van der Waals surface area (Å²) in [6.45, 7) is 7.96. The number of amides is 1. The summed E-state index contributed by atoms with van der Waals surface area (Å²) in [5.41, 5.74) is 7.54. The Morgan fingerprint density at radius 2 is 1.86 bits per heavy atom. The summed E-state index contributed by atoms with van der Waals surface area (Å²) in [5, 5.41) is 4.57. The van der Waals surface area contributed by atoms with Gasteiger partial charge in [-0.1, -0.05) is 58.1 Å². The minimum absolute atomic E-state index is 0.0601. The molecular weight excluding hydrogens is 382 g/mol. The predicted octanol–water partition coefficient (Wildman–Crippen LogP) is 3.94. The molecule has 2 aromatic rings. The largest absolute Gasteiger partial charge is 0.370 e. The normalized spacial score (nSPS) is 13.7. The number of rotatable bonds is 12. The molecule has 1 aromatic heterocycles. The average Bonchev–Trinajstić information content (AvgIpc) is 3.06. The highest BCUT2D eigenvalue weighted by Gasteiger charge is 2.27. The van der Waals surface area contributed by atoms with Crippen molar-refractivity contribution in [2.45, 2.75) is 65.5 Å². The molecule has 1 heterocycles. The molecule has 0 unspecified atom stereocenters. The van der Waals surface area contributed by atoms with Crippen LogP contribution < -0.4 is 11.1 Å².